The summed E-state index contributed by atoms with van der Waals surface area (Å²) >= 11 is 0. The van der Waals surface area contributed by atoms with Crippen molar-refractivity contribution in [2.45, 2.75) is 0 Å². The molecule has 0 bridgehead atoms. The van der Waals surface area contributed by atoms with E-state index in [-0.39, 0.29) is 0 Å². The van der Waals surface area contributed by atoms with E-state index in [1.807, 2.05) is 12.1 Å². The van der Waals surface area contributed by atoms with E-state index in [1.54, 1.807) is 6.26 Å². The van der Waals surface area contributed by atoms with Gasteiger partial charge in [-0.05, 0) is 6.07 Å². The second kappa shape index (κ2) is 1.88. The van der Waals surface area contributed by atoms with Crippen LogP contribution in [-0.2, 0) is 0 Å². The Morgan fingerprint density at radius 2 is 2.00 bits per heavy atom. The highest BCUT2D eigenvalue weighted by Gasteiger charge is 2.13. The summed E-state index contributed by atoms with van der Waals surface area (Å²) in [6.45, 7) is 0. The number of hydrogen-bond donors (Lipinski definition) is 0. The highest BCUT2D eigenvalue weighted by Crippen LogP contribution is 2.15. The average molecular weight is 126 g/mol. The van der Waals surface area contributed by atoms with Crippen molar-refractivity contribution in [1.82, 2.24) is 4.48 Å². The summed E-state index contributed by atoms with van der Waals surface area (Å²) in [5.74, 6) is 0.981. The SMILES string of the molecule is C[N+](C)(C)c1ccco1. The normalized spacial score (nSPS) is 11.9. The Morgan fingerprint density at radius 1 is 1.33 bits per heavy atom. The molecule has 0 aliphatic rings. The summed E-state index contributed by atoms with van der Waals surface area (Å²) < 4.78 is 5.91. The van der Waals surface area contributed by atoms with Gasteiger partial charge in [-0.15, -0.1) is 0 Å². The molecule has 0 unspecified atom stereocenters. The van der Waals surface area contributed by atoms with Gasteiger partial charge in [-0.3, -0.25) is 4.48 Å². The highest BCUT2D eigenvalue weighted by molar-refractivity contribution is 5.26. The molecule has 0 atom stereocenters. The predicted molar refractivity (Wildman–Crippen MR) is 38.3 cm³/mol. The van der Waals surface area contributed by atoms with Crippen LogP contribution in [0.15, 0.2) is 22.8 Å². The van der Waals surface area contributed by atoms with E-state index in [4.69, 9.17) is 4.42 Å². The third kappa shape index (κ3) is 1.33. The fraction of sp³-hybridized carbons (Fsp3) is 0.429. The third-order valence-electron chi connectivity index (χ3n) is 1.17. The van der Waals surface area contributed by atoms with Crippen molar-refractivity contribution in [3.63, 3.8) is 0 Å². The van der Waals surface area contributed by atoms with Crippen LogP contribution < -0.4 is 4.48 Å². The smallest absolute Gasteiger partial charge is 0.295 e. The van der Waals surface area contributed by atoms with Crippen molar-refractivity contribution in [1.29, 1.82) is 0 Å². The maximum atomic E-state index is 5.17. The molecule has 0 aromatic carbocycles. The Morgan fingerprint density at radius 3 is 2.22 bits per heavy atom. The first-order valence-corrected chi connectivity index (χ1v) is 2.96. The van der Waals surface area contributed by atoms with E-state index in [0.29, 0.717) is 0 Å². The molecule has 0 saturated carbocycles. The Kier molecular flexibility index (Phi) is 1.33. The van der Waals surface area contributed by atoms with E-state index < -0.39 is 0 Å². The molecule has 0 aliphatic heterocycles. The molecule has 0 spiro atoms. The zero-order valence-corrected chi connectivity index (χ0v) is 6.09. The van der Waals surface area contributed by atoms with Crippen molar-refractivity contribution in [2.24, 2.45) is 0 Å². The molecular formula is C7H12NO+. The lowest BCUT2D eigenvalue weighted by Crippen LogP contribution is -2.34. The van der Waals surface area contributed by atoms with Crippen molar-refractivity contribution in [3.05, 3.63) is 18.4 Å². The largest absolute Gasteiger partial charge is 0.421 e. The Balaban J connectivity index is 2.90. The van der Waals surface area contributed by atoms with Crippen LogP contribution in [0.3, 0.4) is 0 Å². The van der Waals surface area contributed by atoms with Crippen molar-refractivity contribution in [2.75, 3.05) is 21.1 Å². The minimum atomic E-state index is 0.743. The molecule has 0 saturated heterocycles. The first-order chi connectivity index (χ1) is 4.11. The molecule has 0 N–H and O–H groups in total. The maximum Gasteiger partial charge on any atom is 0.295 e. The molecule has 0 aliphatic carbocycles. The number of rotatable bonds is 1. The van der Waals surface area contributed by atoms with Gasteiger partial charge in [0.15, 0.2) is 0 Å². The summed E-state index contributed by atoms with van der Waals surface area (Å²) in [5.41, 5.74) is 0. The van der Waals surface area contributed by atoms with Crippen LogP contribution in [0, 0.1) is 0 Å². The van der Waals surface area contributed by atoms with Gasteiger partial charge in [0.05, 0.1) is 27.4 Å². The molecule has 1 rings (SSSR count). The van der Waals surface area contributed by atoms with E-state index in [1.165, 1.54) is 0 Å². The van der Waals surface area contributed by atoms with Gasteiger partial charge in [-0.25, -0.2) is 0 Å². The molecule has 9 heavy (non-hydrogen) atoms. The quantitative estimate of drug-likeness (QED) is 0.519. The second-order valence-corrected chi connectivity index (χ2v) is 2.96. The summed E-state index contributed by atoms with van der Waals surface area (Å²) in [7, 11) is 6.20. The van der Waals surface area contributed by atoms with Crippen LogP contribution in [0.5, 0.6) is 0 Å². The van der Waals surface area contributed by atoms with Gasteiger partial charge in [0.1, 0.15) is 0 Å². The Labute approximate surface area is 55.3 Å². The number of hydrogen-bond acceptors (Lipinski definition) is 1. The molecule has 0 amide bonds. The summed E-state index contributed by atoms with van der Waals surface area (Å²) in [6, 6.07) is 3.87. The van der Waals surface area contributed by atoms with Crippen LogP contribution in [-0.4, -0.2) is 21.1 Å². The molecule has 2 nitrogen and oxygen atoms in total. The molecular weight excluding hydrogens is 114 g/mol. The lowest BCUT2D eigenvalue weighted by atomic mass is 10.5. The number of nitrogens with zero attached hydrogens (tertiary/aromatic N) is 1. The number of furan rings is 1. The molecule has 0 fully saturated rings. The molecule has 1 aromatic heterocycles. The standard InChI is InChI=1S/C7H12NO/c1-8(2,3)7-5-4-6-9-7/h4-6H,1-3H3/q+1. The second-order valence-electron chi connectivity index (χ2n) is 2.96. The van der Waals surface area contributed by atoms with Crippen LogP contribution in [0.4, 0.5) is 5.88 Å². The molecule has 0 radical (unpaired) electrons. The molecule has 1 heterocycles. The summed E-state index contributed by atoms with van der Waals surface area (Å²) in [6.07, 6.45) is 1.69. The van der Waals surface area contributed by atoms with E-state index in [2.05, 4.69) is 21.1 Å². The molecule has 2 heteroatoms. The Hall–Kier alpha value is -0.760. The molecule has 1 aromatic rings. The highest BCUT2D eigenvalue weighted by atomic mass is 16.3. The monoisotopic (exact) mass is 126 g/mol. The van der Waals surface area contributed by atoms with Gasteiger partial charge in [-0.2, -0.15) is 0 Å². The van der Waals surface area contributed by atoms with Gasteiger partial charge in [0, 0.05) is 6.07 Å². The zero-order valence-electron chi connectivity index (χ0n) is 6.09. The van der Waals surface area contributed by atoms with Gasteiger partial charge >= 0.3 is 0 Å². The van der Waals surface area contributed by atoms with Crippen LogP contribution >= 0.6 is 0 Å². The van der Waals surface area contributed by atoms with Gasteiger partial charge < -0.3 is 4.42 Å². The topological polar surface area (TPSA) is 13.1 Å². The fourth-order valence-corrected chi connectivity index (χ4v) is 0.652. The maximum absolute atomic E-state index is 5.17. The van der Waals surface area contributed by atoms with E-state index in [0.717, 1.165) is 10.4 Å². The first kappa shape index (κ1) is 6.36. The van der Waals surface area contributed by atoms with Gasteiger partial charge in [0.2, 0.25) is 0 Å². The number of quaternary nitrogens is 1. The van der Waals surface area contributed by atoms with Crippen molar-refractivity contribution in [3.8, 4) is 0 Å². The lowest BCUT2D eigenvalue weighted by molar-refractivity contribution is 0.382. The van der Waals surface area contributed by atoms with Gasteiger partial charge in [0.25, 0.3) is 5.88 Å². The summed E-state index contributed by atoms with van der Waals surface area (Å²) in [4.78, 5) is 0. The minimum absolute atomic E-state index is 0.743. The zero-order chi connectivity index (χ0) is 6.91. The lowest BCUT2D eigenvalue weighted by Gasteiger charge is -2.18. The van der Waals surface area contributed by atoms with Crippen LogP contribution in [0.2, 0.25) is 0 Å². The van der Waals surface area contributed by atoms with Crippen molar-refractivity contribution < 1.29 is 4.42 Å². The first-order valence-electron chi connectivity index (χ1n) is 2.96. The molecule has 50 valence electrons. The van der Waals surface area contributed by atoms with E-state index in [9.17, 15) is 0 Å². The minimum Gasteiger partial charge on any atom is -0.421 e. The average Bonchev–Trinajstić information content (AvgIpc) is 2.08. The van der Waals surface area contributed by atoms with Gasteiger partial charge in [-0.1, -0.05) is 0 Å². The van der Waals surface area contributed by atoms with Crippen molar-refractivity contribution >= 4 is 5.88 Å². The van der Waals surface area contributed by atoms with Crippen LogP contribution in [0.1, 0.15) is 0 Å². The summed E-state index contributed by atoms with van der Waals surface area (Å²) in [5, 5.41) is 0. The van der Waals surface area contributed by atoms with Crippen LogP contribution in [0.25, 0.3) is 0 Å². The third-order valence-corrected chi connectivity index (χ3v) is 1.17. The predicted octanol–water partition coefficient (Wildman–Crippen LogP) is 1.48. The Bertz CT molecular complexity index is 171. The van der Waals surface area contributed by atoms with E-state index >= 15 is 0 Å². The fourth-order valence-electron chi connectivity index (χ4n) is 0.652.